The van der Waals surface area contributed by atoms with E-state index in [0.29, 0.717) is 25.3 Å². The summed E-state index contributed by atoms with van der Waals surface area (Å²) in [6.45, 7) is 2.54. The molecule has 0 aromatic carbocycles. The first kappa shape index (κ1) is 15.5. The first-order chi connectivity index (χ1) is 9.38. The fourth-order valence-electron chi connectivity index (χ4n) is 2.90. The third-order valence-electron chi connectivity index (χ3n) is 3.85. The highest BCUT2D eigenvalue weighted by atomic mass is 79.9. The summed E-state index contributed by atoms with van der Waals surface area (Å²) >= 11 is 4.98. The molecule has 0 spiro atoms. The molecule has 0 aliphatic heterocycles. The summed E-state index contributed by atoms with van der Waals surface area (Å²) in [5, 5.41) is 11.2. The van der Waals surface area contributed by atoms with E-state index in [4.69, 9.17) is 0 Å². The third-order valence-corrected chi connectivity index (χ3v) is 5.40. The van der Waals surface area contributed by atoms with E-state index in [-0.39, 0.29) is 11.8 Å². The number of carbonyl (C=O) groups excluding carboxylic acids is 1. The molecule has 3 atom stereocenters. The molecule has 1 N–H and O–H groups in total. The van der Waals surface area contributed by atoms with Gasteiger partial charge in [0.1, 0.15) is 0 Å². The second-order valence-corrected chi connectivity index (χ2v) is 7.87. The van der Waals surface area contributed by atoms with Crippen LogP contribution in [-0.2, 0) is 16.1 Å². The molecule has 1 aromatic heterocycles. The second kappa shape index (κ2) is 6.26. The van der Waals surface area contributed by atoms with Crippen molar-refractivity contribution in [2.45, 2.75) is 26.3 Å². The van der Waals surface area contributed by atoms with Gasteiger partial charge in [0.25, 0.3) is 0 Å². The van der Waals surface area contributed by atoms with Crippen molar-refractivity contribution in [3.8, 4) is 0 Å². The molecule has 20 heavy (non-hydrogen) atoms. The first-order valence-electron chi connectivity index (χ1n) is 6.59. The molecule has 2 rings (SSSR count). The molecule has 1 saturated carbocycles. The van der Waals surface area contributed by atoms with Crippen LogP contribution in [0.25, 0.3) is 0 Å². The van der Waals surface area contributed by atoms with Crippen LogP contribution < -0.4 is 0 Å². The van der Waals surface area contributed by atoms with Crippen molar-refractivity contribution >= 4 is 39.1 Å². The molecule has 0 saturated heterocycles. The molecule has 6 heteroatoms. The lowest BCUT2D eigenvalue weighted by atomic mass is 9.95. The highest BCUT2D eigenvalue weighted by Gasteiger charge is 2.42. The predicted molar refractivity (Wildman–Crippen MR) is 81.5 cm³/mol. The number of hydrogen-bond acceptors (Lipinski definition) is 3. The van der Waals surface area contributed by atoms with Crippen molar-refractivity contribution in [3.63, 3.8) is 0 Å². The van der Waals surface area contributed by atoms with E-state index in [1.165, 1.54) is 0 Å². The van der Waals surface area contributed by atoms with Crippen LogP contribution in [0.15, 0.2) is 15.2 Å². The Balaban J connectivity index is 2.04. The number of carboxylic acids is 1. The number of thiophene rings is 1. The normalized spacial score (nSPS) is 25.6. The zero-order valence-electron chi connectivity index (χ0n) is 11.5. The highest BCUT2D eigenvalue weighted by Crippen LogP contribution is 2.37. The lowest BCUT2D eigenvalue weighted by Gasteiger charge is -2.23. The van der Waals surface area contributed by atoms with Gasteiger partial charge in [-0.15, -0.1) is 11.3 Å². The Morgan fingerprint density at radius 2 is 2.10 bits per heavy atom. The number of carbonyl (C=O) groups is 2. The van der Waals surface area contributed by atoms with Gasteiger partial charge < -0.3 is 10.0 Å². The van der Waals surface area contributed by atoms with Gasteiger partial charge in [-0.2, -0.15) is 0 Å². The van der Waals surface area contributed by atoms with Crippen molar-refractivity contribution < 1.29 is 14.7 Å². The van der Waals surface area contributed by atoms with Gasteiger partial charge in [-0.05, 0) is 51.7 Å². The standard InChI is InChI=1S/C14H18BrNO3S/c1-8-3-10(11(4-8)14(18)19)13(17)16(2)6-9-5-12(15)20-7-9/h5,7-8,10-11H,3-4,6H2,1-2H3,(H,18,19)/t8?,10-,11+/m0/s1. The Kier molecular flexibility index (Phi) is 4.86. The molecule has 0 bridgehead atoms. The topological polar surface area (TPSA) is 57.6 Å². The van der Waals surface area contributed by atoms with Gasteiger partial charge in [-0.1, -0.05) is 6.92 Å². The third kappa shape index (κ3) is 3.41. The number of amides is 1. The number of aliphatic carboxylic acids is 1. The van der Waals surface area contributed by atoms with E-state index >= 15 is 0 Å². The van der Waals surface area contributed by atoms with Crippen LogP contribution in [-0.4, -0.2) is 28.9 Å². The van der Waals surface area contributed by atoms with Gasteiger partial charge >= 0.3 is 5.97 Å². The summed E-state index contributed by atoms with van der Waals surface area (Å²) in [6, 6.07) is 1.99. The van der Waals surface area contributed by atoms with Crippen LogP contribution in [0.1, 0.15) is 25.3 Å². The summed E-state index contributed by atoms with van der Waals surface area (Å²) in [4.78, 5) is 25.4. The van der Waals surface area contributed by atoms with Gasteiger partial charge in [-0.25, -0.2) is 0 Å². The Hall–Kier alpha value is -0.880. The van der Waals surface area contributed by atoms with Gasteiger partial charge in [0, 0.05) is 13.6 Å². The van der Waals surface area contributed by atoms with Gasteiger partial charge in [0.05, 0.1) is 15.6 Å². The maximum Gasteiger partial charge on any atom is 0.307 e. The van der Waals surface area contributed by atoms with Crippen molar-refractivity contribution in [2.24, 2.45) is 17.8 Å². The summed E-state index contributed by atoms with van der Waals surface area (Å²) in [5.74, 6) is -1.51. The minimum absolute atomic E-state index is 0.0518. The molecular formula is C14H18BrNO3S. The van der Waals surface area contributed by atoms with E-state index in [1.807, 2.05) is 18.4 Å². The van der Waals surface area contributed by atoms with Gasteiger partial charge in [0.2, 0.25) is 5.91 Å². The monoisotopic (exact) mass is 359 g/mol. The van der Waals surface area contributed by atoms with Crippen LogP contribution in [0.4, 0.5) is 0 Å². The molecule has 1 aliphatic rings. The molecule has 1 heterocycles. The molecule has 1 aliphatic carbocycles. The average Bonchev–Trinajstić information content (AvgIpc) is 2.94. The smallest absolute Gasteiger partial charge is 0.307 e. The lowest BCUT2D eigenvalue weighted by molar-refractivity contribution is -0.148. The summed E-state index contributed by atoms with van der Waals surface area (Å²) in [6.07, 6.45) is 1.27. The van der Waals surface area contributed by atoms with Crippen LogP contribution in [0.2, 0.25) is 0 Å². The van der Waals surface area contributed by atoms with Crippen LogP contribution in [0.5, 0.6) is 0 Å². The van der Waals surface area contributed by atoms with Crippen LogP contribution >= 0.6 is 27.3 Å². The summed E-state index contributed by atoms with van der Waals surface area (Å²) in [5.41, 5.74) is 1.07. The minimum atomic E-state index is -0.848. The number of carboxylic acid groups (broad SMARTS) is 1. The summed E-state index contributed by atoms with van der Waals surface area (Å²) < 4.78 is 1.03. The van der Waals surface area contributed by atoms with Crippen molar-refractivity contribution in [1.82, 2.24) is 4.90 Å². The quantitative estimate of drug-likeness (QED) is 0.897. The van der Waals surface area contributed by atoms with Crippen molar-refractivity contribution in [2.75, 3.05) is 7.05 Å². The fraction of sp³-hybridized carbons (Fsp3) is 0.571. The number of nitrogens with zero attached hydrogens (tertiary/aromatic N) is 1. The zero-order chi connectivity index (χ0) is 14.9. The number of halogens is 1. The Labute approximate surface area is 130 Å². The minimum Gasteiger partial charge on any atom is -0.481 e. The number of hydrogen-bond donors (Lipinski definition) is 1. The highest BCUT2D eigenvalue weighted by molar-refractivity contribution is 9.11. The maximum absolute atomic E-state index is 12.5. The zero-order valence-corrected chi connectivity index (χ0v) is 13.9. The van der Waals surface area contributed by atoms with E-state index in [0.717, 1.165) is 9.35 Å². The van der Waals surface area contributed by atoms with Crippen molar-refractivity contribution in [1.29, 1.82) is 0 Å². The van der Waals surface area contributed by atoms with Crippen LogP contribution in [0.3, 0.4) is 0 Å². The Bertz CT molecular complexity index is 516. The molecule has 1 amide bonds. The largest absolute Gasteiger partial charge is 0.481 e. The molecule has 4 nitrogen and oxygen atoms in total. The van der Waals surface area contributed by atoms with E-state index < -0.39 is 11.9 Å². The first-order valence-corrected chi connectivity index (χ1v) is 8.26. The average molecular weight is 360 g/mol. The lowest BCUT2D eigenvalue weighted by Crippen LogP contribution is -2.36. The van der Waals surface area contributed by atoms with Crippen LogP contribution in [0, 0.1) is 17.8 Å². The maximum atomic E-state index is 12.5. The number of rotatable bonds is 4. The van der Waals surface area contributed by atoms with Gasteiger partial charge in [-0.3, -0.25) is 9.59 Å². The van der Waals surface area contributed by atoms with E-state index in [1.54, 1.807) is 23.3 Å². The SMILES string of the molecule is CC1C[C@H](C(=O)N(C)Cc2csc(Br)c2)[C@H](C(=O)O)C1. The Morgan fingerprint density at radius 3 is 2.65 bits per heavy atom. The predicted octanol–water partition coefficient (Wildman–Crippen LogP) is 3.22. The summed E-state index contributed by atoms with van der Waals surface area (Å²) in [7, 11) is 1.75. The van der Waals surface area contributed by atoms with E-state index in [2.05, 4.69) is 15.9 Å². The van der Waals surface area contributed by atoms with Crippen molar-refractivity contribution in [3.05, 3.63) is 20.8 Å². The van der Waals surface area contributed by atoms with E-state index in [9.17, 15) is 14.7 Å². The molecule has 1 unspecified atom stereocenters. The molecule has 0 radical (unpaired) electrons. The van der Waals surface area contributed by atoms with Gasteiger partial charge in [0.15, 0.2) is 0 Å². The molecule has 110 valence electrons. The fourth-order valence-corrected chi connectivity index (χ4v) is 4.10. The molecule has 1 fully saturated rings. The Morgan fingerprint density at radius 1 is 1.45 bits per heavy atom. The molecular weight excluding hydrogens is 342 g/mol. The molecule has 1 aromatic rings. The second-order valence-electron chi connectivity index (χ2n) is 5.58.